The zero-order valence-corrected chi connectivity index (χ0v) is 15.8. The molecule has 7 heteroatoms. The standard InChI is InChI=1S/C21H25FN4O2/c22-19-7-3-6-16(25-19)21(23)15-11-17(14-5-4-9-27-13-14)24-12-18(15)26-20-8-1-2-10-28-20/h3,6-7,11-12,14,20,23,26H,1-2,4-5,8-10,13H2. The Morgan fingerprint density at radius 2 is 2.11 bits per heavy atom. The van der Waals surface area contributed by atoms with Gasteiger partial charge in [-0.25, -0.2) is 4.98 Å². The van der Waals surface area contributed by atoms with Crippen molar-refractivity contribution in [1.29, 1.82) is 5.41 Å². The fraction of sp³-hybridized carbons (Fsp3) is 0.476. The Bertz CT molecular complexity index is 833. The van der Waals surface area contributed by atoms with E-state index in [4.69, 9.17) is 14.9 Å². The van der Waals surface area contributed by atoms with Crippen LogP contribution in [0.5, 0.6) is 0 Å². The average Bonchev–Trinajstić information content (AvgIpc) is 2.75. The number of hydrogen-bond donors (Lipinski definition) is 2. The monoisotopic (exact) mass is 384 g/mol. The van der Waals surface area contributed by atoms with Crippen molar-refractivity contribution in [2.75, 3.05) is 25.1 Å². The molecular formula is C21H25FN4O2. The highest BCUT2D eigenvalue weighted by Gasteiger charge is 2.22. The van der Waals surface area contributed by atoms with Gasteiger partial charge in [-0.1, -0.05) is 6.07 Å². The molecule has 4 rings (SSSR count). The lowest BCUT2D eigenvalue weighted by Gasteiger charge is -2.27. The Morgan fingerprint density at radius 3 is 2.86 bits per heavy atom. The van der Waals surface area contributed by atoms with Gasteiger partial charge in [0.1, 0.15) is 6.23 Å². The average molecular weight is 384 g/mol. The summed E-state index contributed by atoms with van der Waals surface area (Å²) in [6.07, 6.45) is 6.73. The summed E-state index contributed by atoms with van der Waals surface area (Å²) in [6, 6.07) is 6.42. The number of rotatable bonds is 5. The molecule has 28 heavy (non-hydrogen) atoms. The SMILES string of the molecule is N=C(c1cccc(F)n1)c1cc(C2CCCOC2)ncc1NC1CCCCO1. The van der Waals surface area contributed by atoms with Crippen LogP contribution in [-0.2, 0) is 9.47 Å². The molecule has 4 heterocycles. The van der Waals surface area contributed by atoms with Crippen LogP contribution in [0.2, 0.25) is 0 Å². The summed E-state index contributed by atoms with van der Waals surface area (Å²) in [5, 5.41) is 12.0. The molecule has 0 spiro atoms. The second-order valence-electron chi connectivity index (χ2n) is 7.29. The number of ether oxygens (including phenoxy) is 2. The van der Waals surface area contributed by atoms with Gasteiger partial charge in [-0.05, 0) is 50.3 Å². The maximum absolute atomic E-state index is 13.6. The van der Waals surface area contributed by atoms with Gasteiger partial charge in [0, 0.05) is 30.4 Å². The Kier molecular flexibility index (Phi) is 5.92. The second kappa shape index (κ2) is 8.75. The minimum absolute atomic E-state index is 0.105. The lowest BCUT2D eigenvalue weighted by atomic mass is 9.95. The maximum Gasteiger partial charge on any atom is 0.213 e. The molecule has 2 fully saturated rings. The summed E-state index contributed by atoms with van der Waals surface area (Å²) < 4.78 is 25.0. The van der Waals surface area contributed by atoms with Gasteiger partial charge in [0.2, 0.25) is 5.95 Å². The first-order valence-electron chi connectivity index (χ1n) is 9.88. The van der Waals surface area contributed by atoms with Crippen LogP contribution in [-0.4, -0.2) is 41.7 Å². The highest BCUT2D eigenvalue weighted by Crippen LogP contribution is 2.29. The van der Waals surface area contributed by atoms with Crippen LogP contribution < -0.4 is 5.32 Å². The van der Waals surface area contributed by atoms with Crippen molar-refractivity contribution in [2.24, 2.45) is 0 Å². The van der Waals surface area contributed by atoms with Gasteiger partial charge in [0.15, 0.2) is 0 Å². The number of pyridine rings is 2. The molecule has 148 valence electrons. The van der Waals surface area contributed by atoms with Gasteiger partial charge >= 0.3 is 0 Å². The molecule has 2 unspecified atom stereocenters. The molecule has 0 aromatic carbocycles. The van der Waals surface area contributed by atoms with Gasteiger partial charge in [-0.15, -0.1) is 0 Å². The van der Waals surface area contributed by atoms with Crippen molar-refractivity contribution in [3.8, 4) is 0 Å². The molecular weight excluding hydrogens is 359 g/mol. The van der Waals surface area contributed by atoms with Crippen LogP contribution in [0.4, 0.5) is 10.1 Å². The molecule has 2 aromatic rings. The maximum atomic E-state index is 13.6. The van der Waals surface area contributed by atoms with E-state index in [2.05, 4.69) is 15.3 Å². The Balaban J connectivity index is 1.67. The van der Waals surface area contributed by atoms with E-state index in [1.807, 2.05) is 6.07 Å². The molecule has 0 saturated carbocycles. The molecule has 0 bridgehead atoms. The van der Waals surface area contributed by atoms with Gasteiger partial charge in [0.25, 0.3) is 0 Å². The van der Waals surface area contributed by atoms with E-state index in [9.17, 15) is 4.39 Å². The molecule has 2 saturated heterocycles. The normalized spacial score (nSPS) is 22.6. The molecule has 0 aliphatic carbocycles. The molecule has 2 aliphatic heterocycles. The highest BCUT2D eigenvalue weighted by atomic mass is 19.1. The number of halogens is 1. The Morgan fingerprint density at radius 1 is 1.18 bits per heavy atom. The summed E-state index contributed by atoms with van der Waals surface area (Å²) in [4.78, 5) is 8.52. The number of nitrogens with one attached hydrogen (secondary N) is 2. The Labute approximate surface area is 164 Å². The minimum Gasteiger partial charge on any atom is -0.381 e. The first kappa shape index (κ1) is 19.0. The van der Waals surface area contributed by atoms with Crippen molar-refractivity contribution in [3.63, 3.8) is 0 Å². The third-order valence-electron chi connectivity index (χ3n) is 5.24. The van der Waals surface area contributed by atoms with E-state index in [0.717, 1.165) is 51.0 Å². The molecule has 0 amide bonds. The lowest BCUT2D eigenvalue weighted by molar-refractivity contribution is 0.0343. The zero-order chi connectivity index (χ0) is 19.3. The summed E-state index contributed by atoms with van der Waals surface area (Å²) in [5.41, 5.74) is 2.72. The zero-order valence-electron chi connectivity index (χ0n) is 15.8. The first-order valence-corrected chi connectivity index (χ1v) is 9.88. The van der Waals surface area contributed by atoms with E-state index in [0.29, 0.717) is 23.6 Å². The van der Waals surface area contributed by atoms with E-state index in [-0.39, 0.29) is 17.9 Å². The quantitative estimate of drug-likeness (QED) is 0.604. The van der Waals surface area contributed by atoms with Crippen LogP contribution >= 0.6 is 0 Å². The number of nitrogens with zero attached hydrogens (tertiary/aromatic N) is 2. The van der Waals surface area contributed by atoms with Crippen LogP contribution in [0, 0.1) is 11.4 Å². The molecule has 2 aliphatic rings. The highest BCUT2D eigenvalue weighted by molar-refractivity contribution is 6.12. The minimum atomic E-state index is -0.595. The van der Waals surface area contributed by atoms with Crippen LogP contribution in [0.25, 0.3) is 0 Å². The van der Waals surface area contributed by atoms with Crippen molar-refractivity contribution in [2.45, 2.75) is 44.2 Å². The van der Waals surface area contributed by atoms with E-state index < -0.39 is 5.95 Å². The van der Waals surface area contributed by atoms with E-state index in [1.165, 1.54) is 6.07 Å². The summed E-state index contributed by atoms with van der Waals surface area (Å²) >= 11 is 0. The fourth-order valence-electron chi connectivity index (χ4n) is 3.70. The molecule has 2 aromatic heterocycles. The molecule has 2 N–H and O–H groups in total. The third-order valence-corrected chi connectivity index (χ3v) is 5.24. The predicted octanol–water partition coefficient (Wildman–Crippen LogP) is 3.86. The van der Waals surface area contributed by atoms with Gasteiger partial charge in [-0.3, -0.25) is 10.4 Å². The lowest BCUT2D eigenvalue weighted by Crippen LogP contribution is -2.28. The van der Waals surface area contributed by atoms with Gasteiger partial charge < -0.3 is 14.8 Å². The second-order valence-corrected chi connectivity index (χ2v) is 7.29. The van der Waals surface area contributed by atoms with Crippen molar-refractivity contribution in [1.82, 2.24) is 9.97 Å². The van der Waals surface area contributed by atoms with Crippen molar-refractivity contribution in [3.05, 3.63) is 53.4 Å². The smallest absolute Gasteiger partial charge is 0.213 e. The third kappa shape index (κ3) is 4.36. The van der Waals surface area contributed by atoms with Crippen LogP contribution in [0.1, 0.15) is 55.0 Å². The summed E-state index contributed by atoms with van der Waals surface area (Å²) in [6.45, 7) is 2.14. The Hall–Kier alpha value is -2.38. The van der Waals surface area contributed by atoms with Crippen molar-refractivity contribution >= 4 is 11.4 Å². The van der Waals surface area contributed by atoms with Crippen LogP contribution in [0.3, 0.4) is 0 Å². The predicted molar refractivity (Wildman–Crippen MR) is 104 cm³/mol. The van der Waals surface area contributed by atoms with E-state index >= 15 is 0 Å². The largest absolute Gasteiger partial charge is 0.381 e. The number of aromatic nitrogens is 2. The summed E-state index contributed by atoms with van der Waals surface area (Å²) in [7, 11) is 0. The molecule has 6 nitrogen and oxygen atoms in total. The van der Waals surface area contributed by atoms with Gasteiger partial charge in [-0.2, -0.15) is 4.39 Å². The first-order chi connectivity index (χ1) is 13.7. The number of anilines is 1. The van der Waals surface area contributed by atoms with Crippen LogP contribution in [0.15, 0.2) is 30.5 Å². The van der Waals surface area contributed by atoms with E-state index in [1.54, 1.807) is 18.3 Å². The molecule has 2 atom stereocenters. The fourth-order valence-corrected chi connectivity index (χ4v) is 3.70. The summed E-state index contributed by atoms with van der Waals surface area (Å²) in [5.74, 6) is -0.386. The van der Waals surface area contributed by atoms with Gasteiger partial charge in [0.05, 0.1) is 29.9 Å². The molecule has 0 radical (unpaired) electrons. The topological polar surface area (TPSA) is 80.1 Å². The number of hydrogen-bond acceptors (Lipinski definition) is 6. The van der Waals surface area contributed by atoms with Crippen molar-refractivity contribution < 1.29 is 13.9 Å².